The number of rotatable bonds is 9. The molecule has 6 nitrogen and oxygen atoms in total. The summed E-state index contributed by atoms with van der Waals surface area (Å²) in [6.45, 7) is 5.46. The molecule has 0 spiro atoms. The Morgan fingerprint density at radius 2 is 1.67 bits per heavy atom. The molecule has 0 radical (unpaired) electrons. The first kappa shape index (κ1) is 22.0. The summed E-state index contributed by atoms with van der Waals surface area (Å²) in [6, 6.07) is 15.5. The predicted molar refractivity (Wildman–Crippen MR) is 121 cm³/mol. The van der Waals surface area contributed by atoms with Crippen molar-refractivity contribution in [2.75, 3.05) is 50.6 Å². The third-order valence-electron chi connectivity index (χ3n) is 5.81. The van der Waals surface area contributed by atoms with Crippen LogP contribution in [0.4, 0.5) is 11.4 Å². The van der Waals surface area contributed by atoms with Crippen molar-refractivity contribution in [2.45, 2.75) is 32.2 Å². The zero-order chi connectivity index (χ0) is 21.3. The molecule has 1 aliphatic heterocycles. The largest absolute Gasteiger partial charge is 0.497 e. The molecule has 1 heterocycles. The molecule has 1 unspecified atom stereocenters. The minimum absolute atomic E-state index is 0.0164. The lowest BCUT2D eigenvalue weighted by Gasteiger charge is -2.29. The number of quaternary nitrogens is 1. The maximum Gasteiger partial charge on any atom is 0.282 e. The zero-order valence-electron chi connectivity index (χ0n) is 18.3. The number of benzene rings is 2. The molecule has 0 saturated carbocycles. The Balaban J connectivity index is 1.43. The van der Waals surface area contributed by atoms with E-state index in [1.54, 1.807) is 7.11 Å². The molecule has 0 bridgehead atoms. The van der Waals surface area contributed by atoms with E-state index in [4.69, 9.17) is 9.47 Å². The highest BCUT2D eigenvalue weighted by atomic mass is 16.5. The van der Waals surface area contributed by atoms with Gasteiger partial charge in [0.05, 0.1) is 14.2 Å². The maximum atomic E-state index is 12.6. The fourth-order valence-corrected chi connectivity index (χ4v) is 3.60. The quantitative estimate of drug-likeness (QED) is 0.665. The van der Waals surface area contributed by atoms with Gasteiger partial charge in [-0.1, -0.05) is 0 Å². The number of carbonyl (C=O) groups is 1. The van der Waals surface area contributed by atoms with Crippen LogP contribution in [-0.2, 0) is 4.79 Å². The summed E-state index contributed by atoms with van der Waals surface area (Å²) in [5.41, 5.74) is 2.08. The number of hydrogen-bond donors (Lipinski definition) is 2. The lowest BCUT2D eigenvalue weighted by Crippen LogP contribution is -3.14. The van der Waals surface area contributed by atoms with E-state index < -0.39 is 0 Å². The summed E-state index contributed by atoms with van der Waals surface area (Å²) in [6.07, 6.45) is 3.84. The van der Waals surface area contributed by atoms with E-state index in [0.29, 0.717) is 6.61 Å². The van der Waals surface area contributed by atoms with Crippen LogP contribution in [0, 0.1) is 0 Å². The van der Waals surface area contributed by atoms with Crippen molar-refractivity contribution in [2.24, 2.45) is 0 Å². The molecule has 2 atom stereocenters. The summed E-state index contributed by atoms with van der Waals surface area (Å²) in [7, 11) is 3.66. The number of likely N-dealkylation sites (N-methyl/N-ethyl adjacent to an activating group) is 1. The Bertz CT molecular complexity index is 786. The van der Waals surface area contributed by atoms with Gasteiger partial charge in [0.2, 0.25) is 0 Å². The van der Waals surface area contributed by atoms with E-state index in [2.05, 4.69) is 22.3 Å². The van der Waals surface area contributed by atoms with Gasteiger partial charge >= 0.3 is 0 Å². The Morgan fingerprint density at radius 1 is 1.03 bits per heavy atom. The van der Waals surface area contributed by atoms with Gasteiger partial charge in [0.1, 0.15) is 24.7 Å². The first-order valence-electron chi connectivity index (χ1n) is 10.8. The molecule has 0 aliphatic carbocycles. The van der Waals surface area contributed by atoms with E-state index >= 15 is 0 Å². The molecule has 0 aromatic heterocycles. The number of amides is 1. The number of nitrogens with one attached hydrogen (secondary N) is 2. The molecule has 30 heavy (non-hydrogen) atoms. The summed E-state index contributed by atoms with van der Waals surface area (Å²) in [5.74, 6) is 1.62. The maximum absolute atomic E-state index is 12.6. The highest BCUT2D eigenvalue weighted by Crippen LogP contribution is 2.22. The molecule has 1 fully saturated rings. The van der Waals surface area contributed by atoms with Crippen LogP contribution in [0.2, 0.25) is 0 Å². The molecule has 1 aliphatic rings. The Morgan fingerprint density at radius 3 is 2.30 bits per heavy atom. The number of nitrogens with zero attached hydrogens (tertiary/aromatic N) is 1. The molecule has 2 aromatic rings. The summed E-state index contributed by atoms with van der Waals surface area (Å²) in [4.78, 5) is 16.2. The fourth-order valence-electron chi connectivity index (χ4n) is 3.60. The lowest BCUT2D eigenvalue weighted by atomic mass is 10.1. The molecule has 2 aromatic carbocycles. The molecule has 6 heteroatoms. The van der Waals surface area contributed by atoms with Gasteiger partial charge in [0, 0.05) is 24.5 Å². The van der Waals surface area contributed by atoms with Gasteiger partial charge in [-0.25, -0.2) is 0 Å². The predicted octanol–water partition coefficient (Wildman–Crippen LogP) is 2.61. The monoisotopic (exact) mass is 412 g/mol. The molecular formula is C24H34N3O3+. The first-order valence-corrected chi connectivity index (χ1v) is 10.8. The van der Waals surface area contributed by atoms with E-state index in [1.165, 1.54) is 24.9 Å². The van der Waals surface area contributed by atoms with E-state index in [0.717, 1.165) is 41.7 Å². The third-order valence-corrected chi connectivity index (χ3v) is 5.81. The second kappa shape index (κ2) is 10.9. The van der Waals surface area contributed by atoms with Crippen LogP contribution in [0.3, 0.4) is 0 Å². The van der Waals surface area contributed by atoms with E-state index in [-0.39, 0.29) is 11.9 Å². The third kappa shape index (κ3) is 6.13. The van der Waals surface area contributed by atoms with Gasteiger partial charge in [-0.3, -0.25) is 4.79 Å². The number of piperidine rings is 1. The zero-order valence-corrected chi connectivity index (χ0v) is 18.3. The summed E-state index contributed by atoms with van der Waals surface area (Å²) < 4.78 is 10.9. The topological polar surface area (TPSA) is 55.2 Å². The summed E-state index contributed by atoms with van der Waals surface area (Å²) >= 11 is 0. The molecule has 2 N–H and O–H groups in total. The van der Waals surface area contributed by atoms with Crippen molar-refractivity contribution >= 4 is 17.3 Å². The van der Waals surface area contributed by atoms with Gasteiger partial charge < -0.3 is 24.6 Å². The van der Waals surface area contributed by atoms with E-state index in [9.17, 15) is 4.79 Å². The molecule has 162 valence electrons. The van der Waals surface area contributed by atoms with Gasteiger partial charge in [0.25, 0.3) is 5.91 Å². The highest BCUT2D eigenvalue weighted by Gasteiger charge is 2.22. The van der Waals surface area contributed by atoms with Gasteiger partial charge in [0.15, 0.2) is 6.04 Å². The van der Waals surface area contributed by atoms with Gasteiger partial charge in [-0.15, -0.1) is 0 Å². The fraction of sp³-hybridized carbons (Fsp3) is 0.458. The molecule has 3 rings (SSSR count). The van der Waals surface area contributed by atoms with E-state index in [1.807, 2.05) is 50.4 Å². The lowest BCUT2D eigenvalue weighted by molar-refractivity contribution is -0.894. The van der Waals surface area contributed by atoms with Crippen LogP contribution in [-0.4, -0.2) is 52.3 Å². The Kier molecular flexibility index (Phi) is 7.97. The van der Waals surface area contributed by atoms with Crippen molar-refractivity contribution in [3.8, 4) is 11.5 Å². The smallest absolute Gasteiger partial charge is 0.282 e. The standard InChI is InChI=1S/C24H33N3O3/c1-19(26(2)17-18-30-23-13-11-22(29-3)12-14-23)24(28)25-20-7-9-21(10-8-20)27-15-5-4-6-16-27/h7-14,19H,4-6,15-18H2,1-3H3,(H,25,28)/p+1/t19-/m1/s1. The van der Waals surface area contributed by atoms with Crippen molar-refractivity contribution in [1.82, 2.24) is 0 Å². The van der Waals surface area contributed by atoms with Crippen LogP contribution >= 0.6 is 0 Å². The Hall–Kier alpha value is -2.73. The van der Waals surface area contributed by atoms with Crippen molar-refractivity contribution in [3.63, 3.8) is 0 Å². The number of methoxy groups -OCH3 is 1. The number of anilines is 2. The van der Waals surface area contributed by atoms with Gasteiger partial charge in [-0.05, 0) is 74.7 Å². The molecule has 1 amide bonds. The Labute approximate surface area is 179 Å². The number of ether oxygens (including phenoxy) is 2. The van der Waals surface area contributed by atoms with Crippen molar-refractivity contribution in [1.29, 1.82) is 0 Å². The van der Waals surface area contributed by atoms with Crippen LogP contribution < -0.4 is 24.6 Å². The molecule has 1 saturated heterocycles. The van der Waals surface area contributed by atoms with Crippen LogP contribution in [0.1, 0.15) is 26.2 Å². The normalized spacial score (nSPS) is 15.9. The number of hydrogen-bond acceptors (Lipinski definition) is 4. The minimum atomic E-state index is -0.175. The van der Waals surface area contributed by atoms with Crippen molar-refractivity contribution < 1.29 is 19.2 Å². The average Bonchev–Trinajstić information content (AvgIpc) is 2.80. The van der Waals surface area contributed by atoms with Gasteiger partial charge in [-0.2, -0.15) is 0 Å². The van der Waals surface area contributed by atoms with Crippen LogP contribution in [0.25, 0.3) is 0 Å². The SMILES string of the molecule is COc1ccc(OCC[NH+](C)[C@H](C)C(=O)Nc2ccc(N3CCCCC3)cc2)cc1. The number of carbonyl (C=O) groups excluding carboxylic acids is 1. The van der Waals surface area contributed by atoms with Crippen LogP contribution in [0.15, 0.2) is 48.5 Å². The molecular weight excluding hydrogens is 378 g/mol. The highest BCUT2D eigenvalue weighted by molar-refractivity contribution is 5.93. The van der Waals surface area contributed by atoms with Crippen molar-refractivity contribution in [3.05, 3.63) is 48.5 Å². The average molecular weight is 413 g/mol. The first-order chi connectivity index (χ1) is 14.6. The second-order valence-electron chi connectivity index (χ2n) is 7.93. The summed E-state index contributed by atoms with van der Waals surface area (Å²) in [5, 5.41) is 3.04. The van der Waals surface area contributed by atoms with Crippen LogP contribution in [0.5, 0.6) is 11.5 Å². The minimum Gasteiger partial charge on any atom is -0.497 e. The second-order valence-corrected chi connectivity index (χ2v) is 7.93.